The normalized spacial score (nSPS) is 23.6. The van der Waals surface area contributed by atoms with E-state index in [-0.39, 0.29) is 16.0 Å². The van der Waals surface area contributed by atoms with Gasteiger partial charge in [0.15, 0.2) is 9.34 Å². The first-order valence-corrected chi connectivity index (χ1v) is 9.63. The Hall–Kier alpha value is -0.660. The van der Waals surface area contributed by atoms with Gasteiger partial charge >= 0.3 is 0 Å². The number of rotatable bonds is 3. The second-order valence-electron chi connectivity index (χ2n) is 5.28. The Balaban J connectivity index is 2.05. The highest BCUT2D eigenvalue weighted by molar-refractivity contribution is 8.15. The molecule has 0 aromatic carbocycles. The van der Waals surface area contributed by atoms with Gasteiger partial charge < -0.3 is 5.32 Å². The van der Waals surface area contributed by atoms with Gasteiger partial charge in [0.2, 0.25) is 5.91 Å². The van der Waals surface area contributed by atoms with E-state index in [9.17, 15) is 13.2 Å². The fourth-order valence-corrected chi connectivity index (χ4v) is 4.75. The van der Waals surface area contributed by atoms with Crippen molar-refractivity contribution in [1.82, 2.24) is 4.98 Å². The molecule has 5 nitrogen and oxygen atoms in total. The standard InChI is InChI=1S/C12H17ClN2O3S2/c1-7-3-5-9(6-4-7)10(16)15-12-14-8(2)11(19-12)20(13,17)18/h7,9H,3-6H2,1-2H3,(H,14,15,16). The summed E-state index contributed by atoms with van der Waals surface area (Å²) in [5.41, 5.74) is 0.317. The molecule has 0 radical (unpaired) electrons. The van der Waals surface area contributed by atoms with Crippen LogP contribution in [0.1, 0.15) is 38.3 Å². The monoisotopic (exact) mass is 336 g/mol. The van der Waals surface area contributed by atoms with E-state index in [2.05, 4.69) is 17.2 Å². The average Bonchev–Trinajstić information content (AvgIpc) is 2.70. The Kier molecular flexibility index (Phi) is 4.71. The highest BCUT2D eigenvalue weighted by Gasteiger charge is 2.26. The third-order valence-electron chi connectivity index (χ3n) is 3.59. The van der Waals surface area contributed by atoms with Crippen molar-refractivity contribution in [2.24, 2.45) is 11.8 Å². The summed E-state index contributed by atoms with van der Waals surface area (Å²) < 4.78 is 22.6. The van der Waals surface area contributed by atoms with Crippen molar-refractivity contribution >= 4 is 42.1 Å². The van der Waals surface area contributed by atoms with E-state index in [0.717, 1.165) is 37.0 Å². The minimum atomic E-state index is -3.80. The van der Waals surface area contributed by atoms with Crippen LogP contribution in [0.25, 0.3) is 0 Å². The number of nitrogens with zero attached hydrogens (tertiary/aromatic N) is 1. The molecule has 1 aliphatic carbocycles. The molecular formula is C12H17ClN2O3S2. The lowest BCUT2D eigenvalue weighted by Crippen LogP contribution is -2.26. The molecule has 2 rings (SSSR count). The van der Waals surface area contributed by atoms with E-state index in [1.54, 1.807) is 6.92 Å². The van der Waals surface area contributed by atoms with Gasteiger partial charge in [-0.15, -0.1) is 0 Å². The summed E-state index contributed by atoms with van der Waals surface area (Å²) in [7, 11) is 1.50. The second kappa shape index (κ2) is 5.99. The van der Waals surface area contributed by atoms with E-state index in [4.69, 9.17) is 10.7 Å². The van der Waals surface area contributed by atoms with Gasteiger partial charge in [0, 0.05) is 16.6 Å². The molecular weight excluding hydrogens is 320 g/mol. The number of hydrogen-bond donors (Lipinski definition) is 1. The van der Waals surface area contributed by atoms with Gasteiger partial charge in [0.1, 0.15) is 0 Å². The first-order valence-electron chi connectivity index (χ1n) is 6.50. The molecule has 1 saturated carbocycles. The predicted molar refractivity (Wildman–Crippen MR) is 79.6 cm³/mol. The zero-order valence-corrected chi connectivity index (χ0v) is 13.7. The molecule has 0 spiro atoms. The van der Waals surface area contributed by atoms with Crippen LogP contribution in [-0.2, 0) is 13.8 Å². The summed E-state index contributed by atoms with van der Waals surface area (Å²) in [6.07, 6.45) is 3.85. The zero-order valence-electron chi connectivity index (χ0n) is 11.3. The minimum Gasteiger partial charge on any atom is -0.302 e. The summed E-state index contributed by atoms with van der Waals surface area (Å²) in [6.45, 7) is 3.75. The van der Waals surface area contributed by atoms with E-state index < -0.39 is 9.05 Å². The van der Waals surface area contributed by atoms with E-state index in [1.807, 2.05) is 0 Å². The minimum absolute atomic E-state index is 0.00765. The van der Waals surface area contributed by atoms with E-state index in [1.165, 1.54) is 0 Å². The second-order valence-corrected chi connectivity index (χ2v) is 9.04. The van der Waals surface area contributed by atoms with E-state index >= 15 is 0 Å². The fraction of sp³-hybridized carbons (Fsp3) is 0.667. The van der Waals surface area contributed by atoms with Crippen LogP contribution in [0.2, 0.25) is 0 Å². The van der Waals surface area contributed by atoms with Crippen LogP contribution in [0.15, 0.2) is 4.21 Å². The van der Waals surface area contributed by atoms with E-state index in [0.29, 0.717) is 16.7 Å². The summed E-state index contributed by atoms with van der Waals surface area (Å²) in [5, 5.41) is 3.00. The molecule has 1 amide bonds. The number of nitrogens with one attached hydrogen (secondary N) is 1. The molecule has 0 aliphatic heterocycles. The molecule has 0 bridgehead atoms. The van der Waals surface area contributed by atoms with Crippen LogP contribution in [0, 0.1) is 18.8 Å². The SMILES string of the molecule is Cc1nc(NC(=O)C2CCC(C)CC2)sc1S(=O)(=O)Cl. The van der Waals surface area contributed by atoms with Gasteiger partial charge in [-0.1, -0.05) is 18.3 Å². The van der Waals surface area contributed by atoms with Crippen molar-refractivity contribution in [2.45, 2.75) is 43.7 Å². The molecule has 0 saturated heterocycles. The third kappa shape index (κ3) is 3.71. The Bertz CT molecular complexity index is 604. The van der Waals surface area contributed by atoms with Crippen molar-refractivity contribution in [3.05, 3.63) is 5.69 Å². The molecule has 0 unspecified atom stereocenters. The van der Waals surface area contributed by atoms with Gasteiger partial charge in [-0.3, -0.25) is 4.79 Å². The van der Waals surface area contributed by atoms with Gasteiger partial charge in [-0.05, 0) is 38.5 Å². The summed E-state index contributed by atoms with van der Waals surface area (Å²) in [5.74, 6) is 0.588. The van der Waals surface area contributed by atoms with Crippen LogP contribution in [0.5, 0.6) is 0 Å². The van der Waals surface area contributed by atoms with Gasteiger partial charge in [-0.2, -0.15) is 0 Å². The zero-order chi connectivity index (χ0) is 14.9. The maximum atomic E-state index is 12.1. The fourth-order valence-electron chi connectivity index (χ4n) is 2.39. The molecule has 1 aromatic rings. The maximum Gasteiger partial charge on any atom is 0.272 e. The lowest BCUT2D eigenvalue weighted by Gasteiger charge is -2.24. The Morgan fingerprint density at radius 3 is 2.45 bits per heavy atom. The van der Waals surface area contributed by atoms with Crippen LogP contribution in [0.4, 0.5) is 5.13 Å². The van der Waals surface area contributed by atoms with Crippen LogP contribution in [-0.4, -0.2) is 19.3 Å². The Labute approximate surface area is 127 Å². The number of halogens is 1. The number of carbonyl (C=O) groups excluding carboxylic acids is 1. The molecule has 1 aromatic heterocycles. The highest BCUT2D eigenvalue weighted by Crippen LogP contribution is 2.32. The Morgan fingerprint density at radius 2 is 1.95 bits per heavy atom. The summed E-state index contributed by atoms with van der Waals surface area (Å²) >= 11 is 0.896. The molecule has 1 heterocycles. The molecule has 1 fully saturated rings. The van der Waals surface area contributed by atoms with Gasteiger partial charge in [-0.25, -0.2) is 13.4 Å². The first-order chi connectivity index (χ1) is 9.27. The number of aromatic nitrogens is 1. The maximum absolute atomic E-state index is 12.1. The number of thiazole rings is 1. The number of hydrogen-bond acceptors (Lipinski definition) is 5. The van der Waals surface area contributed by atoms with Crippen molar-refractivity contribution in [2.75, 3.05) is 5.32 Å². The van der Waals surface area contributed by atoms with Gasteiger partial charge in [0.25, 0.3) is 9.05 Å². The van der Waals surface area contributed by atoms with Gasteiger partial charge in [0.05, 0.1) is 5.69 Å². The predicted octanol–water partition coefficient (Wildman–Crippen LogP) is 3.14. The van der Waals surface area contributed by atoms with Crippen LogP contribution in [0.3, 0.4) is 0 Å². The van der Waals surface area contributed by atoms with Crippen LogP contribution >= 0.6 is 22.0 Å². The molecule has 1 N–H and O–H groups in total. The van der Waals surface area contributed by atoms with Crippen molar-refractivity contribution in [1.29, 1.82) is 0 Å². The number of aryl methyl sites for hydroxylation is 1. The lowest BCUT2D eigenvalue weighted by molar-refractivity contribution is -0.121. The molecule has 20 heavy (non-hydrogen) atoms. The smallest absolute Gasteiger partial charge is 0.272 e. The largest absolute Gasteiger partial charge is 0.302 e. The summed E-state index contributed by atoms with van der Waals surface area (Å²) in [6, 6.07) is 0. The average molecular weight is 337 g/mol. The number of amides is 1. The van der Waals surface area contributed by atoms with Crippen molar-refractivity contribution in [3.8, 4) is 0 Å². The number of anilines is 1. The van der Waals surface area contributed by atoms with Crippen molar-refractivity contribution < 1.29 is 13.2 Å². The topological polar surface area (TPSA) is 76.1 Å². The van der Waals surface area contributed by atoms with Crippen molar-refractivity contribution in [3.63, 3.8) is 0 Å². The quantitative estimate of drug-likeness (QED) is 0.860. The third-order valence-corrected chi connectivity index (χ3v) is 6.84. The number of carbonyl (C=O) groups is 1. The molecule has 1 aliphatic rings. The molecule has 8 heteroatoms. The Morgan fingerprint density at radius 1 is 1.35 bits per heavy atom. The summed E-state index contributed by atoms with van der Waals surface area (Å²) in [4.78, 5) is 16.2. The molecule has 112 valence electrons. The highest BCUT2D eigenvalue weighted by atomic mass is 35.7. The van der Waals surface area contributed by atoms with Crippen LogP contribution < -0.4 is 5.32 Å². The first kappa shape index (κ1) is 15.7. The lowest BCUT2D eigenvalue weighted by atomic mass is 9.82. The molecule has 0 atom stereocenters.